The molecule has 0 amide bonds. The van der Waals surface area contributed by atoms with Crippen molar-refractivity contribution in [2.24, 2.45) is 0 Å². The van der Waals surface area contributed by atoms with Gasteiger partial charge in [-0.25, -0.2) is 4.98 Å². The van der Waals surface area contributed by atoms with Crippen molar-refractivity contribution in [3.8, 4) is 0 Å². The van der Waals surface area contributed by atoms with Gasteiger partial charge in [-0.3, -0.25) is 9.69 Å². The number of nitrogens with zero attached hydrogens (tertiary/aromatic N) is 2. The molecular weight excluding hydrogens is 376 g/mol. The first-order valence-electron chi connectivity index (χ1n) is 9.46. The molecule has 1 atom stereocenters. The number of fused-ring (bicyclic) bond motifs is 1. The molecule has 28 heavy (non-hydrogen) atoms. The zero-order valence-corrected chi connectivity index (χ0v) is 16.3. The number of hydrogen-bond acceptors (Lipinski definition) is 5. The molecular formula is C21H23ClN4O2. The average Bonchev–Trinajstić information content (AvgIpc) is 2.72. The molecule has 2 N–H and O–H groups in total. The van der Waals surface area contributed by atoms with Gasteiger partial charge in [0.15, 0.2) is 0 Å². The van der Waals surface area contributed by atoms with E-state index in [1.54, 1.807) is 18.2 Å². The zero-order chi connectivity index (χ0) is 19.3. The van der Waals surface area contributed by atoms with Crippen LogP contribution in [0.25, 0.3) is 10.9 Å². The fourth-order valence-corrected chi connectivity index (χ4v) is 3.65. The van der Waals surface area contributed by atoms with Crippen molar-refractivity contribution in [3.05, 3.63) is 75.3 Å². The van der Waals surface area contributed by atoms with Gasteiger partial charge in [-0.2, -0.15) is 0 Å². The van der Waals surface area contributed by atoms with Gasteiger partial charge in [0.2, 0.25) is 0 Å². The van der Waals surface area contributed by atoms with Crippen LogP contribution in [0.5, 0.6) is 0 Å². The van der Waals surface area contributed by atoms with Crippen LogP contribution in [0.3, 0.4) is 0 Å². The van der Waals surface area contributed by atoms with Crippen molar-refractivity contribution in [3.63, 3.8) is 0 Å². The normalized spacial score (nSPS) is 16.3. The lowest BCUT2D eigenvalue weighted by Gasteiger charge is -2.31. The molecule has 6 nitrogen and oxygen atoms in total. The molecule has 1 aliphatic heterocycles. The van der Waals surface area contributed by atoms with Gasteiger partial charge in [-0.05, 0) is 23.8 Å². The number of H-pyrrole nitrogens is 1. The van der Waals surface area contributed by atoms with Crippen molar-refractivity contribution in [2.45, 2.75) is 12.6 Å². The molecule has 7 heteroatoms. The van der Waals surface area contributed by atoms with Crippen molar-refractivity contribution in [2.75, 3.05) is 32.8 Å². The molecule has 1 fully saturated rings. The summed E-state index contributed by atoms with van der Waals surface area (Å²) in [4.78, 5) is 22.2. The van der Waals surface area contributed by atoms with Crippen LogP contribution in [0.4, 0.5) is 0 Å². The minimum atomic E-state index is -0.150. The lowest BCUT2D eigenvalue weighted by Crippen LogP contribution is -2.42. The maximum absolute atomic E-state index is 12.4. The van der Waals surface area contributed by atoms with E-state index in [9.17, 15) is 4.79 Å². The highest BCUT2D eigenvalue weighted by Gasteiger charge is 2.18. The molecule has 1 aromatic heterocycles. The first-order chi connectivity index (χ1) is 13.7. The summed E-state index contributed by atoms with van der Waals surface area (Å²) in [7, 11) is 0. The van der Waals surface area contributed by atoms with Crippen LogP contribution in [0, 0.1) is 0 Å². The molecule has 2 aromatic carbocycles. The SMILES string of the molecule is O=c1[nH]c(CN[C@@H](CN2CCOCC2)c2ccccc2)nc2cc(Cl)ccc12. The van der Waals surface area contributed by atoms with Gasteiger partial charge < -0.3 is 15.0 Å². The summed E-state index contributed by atoms with van der Waals surface area (Å²) in [5.74, 6) is 0.600. The van der Waals surface area contributed by atoms with Crippen molar-refractivity contribution < 1.29 is 4.74 Å². The molecule has 1 saturated heterocycles. The number of aromatic amines is 1. The fraction of sp³-hybridized carbons (Fsp3) is 0.333. The zero-order valence-electron chi connectivity index (χ0n) is 15.5. The Morgan fingerprint density at radius 1 is 1.18 bits per heavy atom. The Bertz CT molecular complexity index is 987. The van der Waals surface area contributed by atoms with E-state index in [2.05, 4.69) is 32.3 Å². The maximum Gasteiger partial charge on any atom is 0.258 e. The number of hydrogen-bond donors (Lipinski definition) is 2. The van der Waals surface area contributed by atoms with E-state index in [4.69, 9.17) is 16.3 Å². The van der Waals surface area contributed by atoms with Gasteiger partial charge in [-0.15, -0.1) is 0 Å². The molecule has 0 bridgehead atoms. The molecule has 0 aliphatic carbocycles. The number of aromatic nitrogens is 2. The monoisotopic (exact) mass is 398 g/mol. The van der Waals surface area contributed by atoms with E-state index in [1.807, 2.05) is 18.2 Å². The van der Waals surface area contributed by atoms with Crippen molar-refractivity contribution in [1.29, 1.82) is 0 Å². The van der Waals surface area contributed by atoms with Crippen molar-refractivity contribution >= 4 is 22.5 Å². The standard InChI is InChI=1S/C21H23ClN4O2/c22-16-6-7-17-18(12-16)24-20(25-21(17)27)13-23-19(15-4-2-1-3-5-15)14-26-8-10-28-11-9-26/h1-7,12,19,23H,8-11,13-14H2,(H,24,25,27)/t19-/m0/s1. The Morgan fingerprint density at radius 2 is 1.96 bits per heavy atom. The third-order valence-corrected chi connectivity index (χ3v) is 5.22. The Hall–Kier alpha value is -2.25. The van der Waals surface area contributed by atoms with Gasteiger partial charge in [-0.1, -0.05) is 41.9 Å². The molecule has 0 spiro atoms. The molecule has 0 unspecified atom stereocenters. The Labute approximate surface area is 168 Å². The first-order valence-corrected chi connectivity index (χ1v) is 9.84. The second-order valence-electron chi connectivity index (χ2n) is 6.93. The van der Waals surface area contributed by atoms with Gasteiger partial charge >= 0.3 is 0 Å². The lowest BCUT2D eigenvalue weighted by molar-refractivity contribution is 0.0333. The van der Waals surface area contributed by atoms with Crippen LogP contribution in [0.2, 0.25) is 5.02 Å². The van der Waals surface area contributed by atoms with Gasteiger partial charge in [0.1, 0.15) is 5.82 Å². The summed E-state index contributed by atoms with van der Waals surface area (Å²) in [6.07, 6.45) is 0. The highest BCUT2D eigenvalue weighted by molar-refractivity contribution is 6.31. The molecule has 146 valence electrons. The van der Waals surface area contributed by atoms with Crippen LogP contribution in [-0.4, -0.2) is 47.7 Å². The smallest absolute Gasteiger partial charge is 0.258 e. The third-order valence-electron chi connectivity index (χ3n) is 4.98. The van der Waals surface area contributed by atoms with Crippen LogP contribution in [0.1, 0.15) is 17.4 Å². The second kappa shape index (κ2) is 8.84. The lowest BCUT2D eigenvalue weighted by atomic mass is 10.1. The number of rotatable bonds is 6. The number of benzene rings is 2. The number of nitrogens with one attached hydrogen (secondary N) is 2. The summed E-state index contributed by atoms with van der Waals surface area (Å²) < 4.78 is 5.46. The van der Waals surface area contributed by atoms with E-state index in [1.165, 1.54) is 5.56 Å². The van der Waals surface area contributed by atoms with Gasteiger partial charge in [0.25, 0.3) is 5.56 Å². The van der Waals surface area contributed by atoms with Gasteiger partial charge in [0, 0.05) is 30.7 Å². The Morgan fingerprint density at radius 3 is 2.75 bits per heavy atom. The van der Waals surface area contributed by atoms with E-state index >= 15 is 0 Å². The summed E-state index contributed by atoms with van der Waals surface area (Å²) in [5.41, 5.74) is 1.67. The predicted octanol–water partition coefficient (Wildman–Crippen LogP) is 2.74. The van der Waals surface area contributed by atoms with Gasteiger partial charge in [0.05, 0.1) is 30.7 Å². The molecule has 0 saturated carbocycles. The summed E-state index contributed by atoms with van der Waals surface area (Å²) in [5, 5.41) is 4.67. The second-order valence-corrected chi connectivity index (χ2v) is 7.37. The van der Waals surface area contributed by atoms with Crippen molar-refractivity contribution in [1.82, 2.24) is 20.2 Å². The summed E-state index contributed by atoms with van der Waals surface area (Å²) in [6, 6.07) is 15.6. The first kappa shape index (κ1) is 19.1. The number of halogens is 1. The number of ether oxygens (including phenoxy) is 1. The molecule has 0 radical (unpaired) electrons. The molecule has 3 aromatic rings. The van der Waals surface area contributed by atoms with Crippen LogP contribution in [-0.2, 0) is 11.3 Å². The van der Waals surface area contributed by atoms with E-state index in [0.717, 1.165) is 32.8 Å². The molecule has 2 heterocycles. The van der Waals surface area contributed by atoms with E-state index in [0.29, 0.717) is 28.3 Å². The van der Waals surface area contributed by atoms with Crippen LogP contribution >= 0.6 is 11.6 Å². The minimum Gasteiger partial charge on any atom is -0.379 e. The molecule has 1 aliphatic rings. The third kappa shape index (κ3) is 4.59. The maximum atomic E-state index is 12.4. The Kier molecular flexibility index (Phi) is 6.02. The summed E-state index contributed by atoms with van der Waals surface area (Å²) >= 11 is 6.06. The topological polar surface area (TPSA) is 70.2 Å². The summed E-state index contributed by atoms with van der Waals surface area (Å²) in [6.45, 7) is 4.71. The largest absolute Gasteiger partial charge is 0.379 e. The van der Waals surface area contributed by atoms with E-state index in [-0.39, 0.29) is 11.6 Å². The number of morpholine rings is 1. The predicted molar refractivity (Wildman–Crippen MR) is 111 cm³/mol. The molecule has 4 rings (SSSR count). The van der Waals surface area contributed by atoms with E-state index < -0.39 is 0 Å². The highest BCUT2D eigenvalue weighted by Crippen LogP contribution is 2.17. The average molecular weight is 399 g/mol. The Balaban J connectivity index is 1.53. The quantitative estimate of drug-likeness (QED) is 0.668. The van der Waals surface area contributed by atoms with Crippen LogP contribution < -0.4 is 10.9 Å². The highest BCUT2D eigenvalue weighted by atomic mass is 35.5. The minimum absolute atomic E-state index is 0.125. The fourth-order valence-electron chi connectivity index (χ4n) is 3.48. The van der Waals surface area contributed by atoms with Crippen LogP contribution in [0.15, 0.2) is 53.3 Å².